The summed E-state index contributed by atoms with van der Waals surface area (Å²) in [5.41, 5.74) is 0.583. The van der Waals surface area contributed by atoms with E-state index in [0.29, 0.717) is 5.56 Å². The van der Waals surface area contributed by atoms with E-state index in [0.717, 1.165) is 24.8 Å². The van der Waals surface area contributed by atoms with E-state index < -0.39 is 11.6 Å². The lowest BCUT2D eigenvalue weighted by Crippen LogP contribution is -2.19. The number of rotatable bonds is 5. The lowest BCUT2D eigenvalue weighted by molar-refractivity contribution is 0.316. The summed E-state index contributed by atoms with van der Waals surface area (Å²) >= 11 is 0. The van der Waals surface area contributed by atoms with Crippen LogP contribution in [0.2, 0.25) is 0 Å². The highest BCUT2D eigenvalue weighted by Gasteiger charge is 2.18. The van der Waals surface area contributed by atoms with Crippen LogP contribution in [0.25, 0.3) is 0 Å². The third-order valence-corrected chi connectivity index (χ3v) is 4.27. The average molecular weight is 267 g/mol. The van der Waals surface area contributed by atoms with Gasteiger partial charge in [0.05, 0.1) is 0 Å². The van der Waals surface area contributed by atoms with Crippen LogP contribution in [0.15, 0.2) is 18.2 Å². The molecular weight excluding hydrogens is 244 g/mol. The number of benzene rings is 1. The lowest BCUT2D eigenvalue weighted by atomic mass is 9.84. The molecule has 0 amide bonds. The predicted molar refractivity (Wildman–Crippen MR) is 74.0 cm³/mol. The van der Waals surface area contributed by atoms with Crippen LogP contribution in [0.3, 0.4) is 0 Å². The van der Waals surface area contributed by atoms with Gasteiger partial charge in [-0.3, -0.25) is 0 Å². The molecule has 1 aliphatic carbocycles. The van der Waals surface area contributed by atoms with Gasteiger partial charge in [-0.1, -0.05) is 38.2 Å². The number of hydrogen-bond donors (Lipinski definition) is 1. The maximum atomic E-state index is 13.8. The minimum atomic E-state index is -0.511. The second-order valence-corrected chi connectivity index (χ2v) is 5.59. The van der Waals surface area contributed by atoms with Gasteiger partial charge in [-0.25, -0.2) is 8.78 Å². The molecule has 1 nitrogen and oxygen atoms in total. The highest BCUT2D eigenvalue weighted by Crippen LogP contribution is 2.31. The maximum Gasteiger partial charge on any atom is 0.130 e. The summed E-state index contributed by atoms with van der Waals surface area (Å²) < 4.78 is 26.7. The Morgan fingerprint density at radius 1 is 1.21 bits per heavy atom. The monoisotopic (exact) mass is 267 g/mol. The van der Waals surface area contributed by atoms with Gasteiger partial charge in [0.1, 0.15) is 11.6 Å². The summed E-state index contributed by atoms with van der Waals surface area (Å²) in [7, 11) is 1.84. The Balaban J connectivity index is 1.95. The summed E-state index contributed by atoms with van der Waals surface area (Å²) in [6, 6.07) is 3.86. The van der Waals surface area contributed by atoms with Gasteiger partial charge in [0.25, 0.3) is 0 Å². The van der Waals surface area contributed by atoms with E-state index in [2.05, 4.69) is 5.32 Å². The van der Waals surface area contributed by atoms with Crippen molar-refractivity contribution in [2.24, 2.45) is 5.92 Å². The first-order chi connectivity index (χ1) is 9.20. The number of nitrogens with one attached hydrogen (secondary N) is 1. The molecule has 2 rings (SSSR count). The maximum absolute atomic E-state index is 13.8. The second-order valence-electron chi connectivity index (χ2n) is 5.59. The quantitative estimate of drug-likeness (QED) is 0.823. The van der Waals surface area contributed by atoms with E-state index in [9.17, 15) is 8.78 Å². The van der Waals surface area contributed by atoms with Crippen molar-refractivity contribution in [3.05, 3.63) is 35.4 Å². The van der Waals surface area contributed by atoms with Gasteiger partial charge >= 0.3 is 0 Å². The smallest absolute Gasteiger partial charge is 0.130 e. The Hall–Kier alpha value is -0.960. The van der Waals surface area contributed by atoms with Crippen molar-refractivity contribution in [2.45, 2.75) is 51.0 Å². The van der Waals surface area contributed by atoms with E-state index in [1.54, 1.807) is 6.07 Å². The normalized spacial score (nSPS) is 18.5. The molecule has 0 bridgehead atoms. The topological polar surface area (TPSA) is 12.0 Å². The molecule has 0 spiro atoms. The summed E-state index contributed by atoms with van der Waals surface area (Å²) in [5, 5.41) is 3.16. The first kappa shape index (κ1) is 14.4. The fourth-order valence-electron chi connectivity index (χ4n) is 3.12. The average Bonchev–Trinajstić information content (AvgIpc) is 2.42. The van der Waals surface area contributed by atoms with Gasteiger partial charge < -0.3 is 5.32 Å². The van der Waals surface area contributed by atoms with Crippen LogP contribution in [-0.2, 0) is 0 Å². The molecule has 1 unspecified atom stereocenters. The summed E-state index contributed by atoms with van der Waals surface area (Å²) in [5.74, 6) is -0.167. The van der Waals surface area contributed by atoms with Gasteiger partial charge in [-0.05, 0) is 31.9 Å². The SMILES string of the molecule is CNC(CCC1CCCCC1)c1ccc(F)cc1F. The Morgan fingerprint density at radius 3 is 2.58 bits per heavy atom. The molecule has 0 aromatic heterocycles. The molecule has 0 radical (unpaired) electrons. The molecule has 1 aromatic rings. The van der Waals surface area contributed by atoms with Crippen molar-refractivity contribution in [1.82, 2.24) is 5.32 Å². The number of halogens is 2. The molecule has 1 saturated carbocycles. The van der Waals surface area contributed by atoms with Crippen LogP contribution in [0, 0.1) is 17.6 Å². The fraction of sp³-hybridized carbons (Fsp3) is 0.625. The summed E-state index contributed by atoms with van der Waals surface area (Å²) in [6.45, 7) is 0. The zero-order valence-electron chi connectivity index (χ0n) is 11.6. The molecule has 1 aliphatic rings. The van der Waals surface area contributed by atoms with Crippen molar-refractivity contribution in [3.63, 3.8) is 0 Å². The van der Waals surface area contributed by atoms with Crippen LogP contribution in [0.1, 0.15) is 56.6 Å². The number of hydrogen-bond acceptors (Lipinski definition) is 1. The molecule has 1 aromatic carbocycles. The van der Waals surface area contributed by atoms with Crippen molar-refractivity contribution >= 4 is 0 Å². The Bertz CT molecular complexity index is 400. The molecule has 0 aliphatic heterocycles. The summed E-state index contributed by atoms with van der Waals surface area (Å²) in [6.07, 6.45) is 8.69. The van der Waals surface area contributed by atoms with Crippen molar-refractivity contribution in [2.75, 3.05) is 7.05 Å². The van der Waals surface area contributed by atoms with Crippen molar-refractivity contribution < 1.29 is 8.78 Å². The zero-order valence-corrected chi connectivity index (χ0v) is 11.6. The van der Waals surface area contributed by atoms with E-state index in [4.69, 9.17) is 0 Å². The van der Waals surface area contributed by atoms with Gasteiger partial charge in [0.15, 0.2) is 0 Å². The molecule has 0 saturated heterocycles. The van der Waals surface area contributed by atoms with E-state index in [1.807, 2.05) is 7.05 Å². The minimum absolute atomic E-state index is 0.0115. The first-order valence-corrected chi connectivity index (χ1v) is 7.33. The van der Waals surface area contributed by atoms with Gasteiger partial charge in [-0.2, -0.15) is 0 Å². The molecule has 1 N–H and O–H groups in total. The van der Waals surface area contributed by atoms with Crippen LogP contribution in [0.5, 0.6) is 0 Å². The second kappa shape index (κ2) is 6.99. The lowest BCUT2D eigenvalue weighted by Gasteiger charge is -2.24. The third kappa shape index (κ3) is 4.00. The summed E-state index contributed by atoms with van der Waals surface area (Å²) in [4.78, 5) is 0. The largest absolute Gasteiger partial charge is 0.313 e. The van der Waals surface area contributed by atoms with E-state index in [-0.39, 0.29) is 6.04 Å². The molecule has 0 heterocycles. The molecule has 1 atom stereocenters. The van der Waals surface area contributed by atoms with Crippen molar-refractivity contribution in [3.8, 4) is 0 Å². The van der Waals surface area contributed by atoms with Crippen LogP contribution < -0.4 is 5.32 Å². The predicted octanol–water partition coefficient (Wildman–Crippen LogP) is 4.59. The molecule has 1 fully saturated rings. The Morgan fingerprint density at radius 2 is 1.95 bits per heavy atom. The molecule has 3 heteroatoms. The molecular formula is C16H23F2N. The first-order valence-electron chi connectivity index (χ1n) is 7.33. The van der Waals surface area contributed by atoms with Crippen LogP contribution in [0.4, 0.5) is 8.78 Å². The van der Waals surface area contributed by atoms with Gasteiger partial charge in [0, 0.05) is 17.7 Å². The molecule has 19 heavy (non-hydrogen) atoms. The Kier molecular flexibility index (Phi) is 5.32. The third-order valence-electron chi connectivity index (χ3n) is 4.27. The highest BCUT2D eigenvalue weighted by molar-refractivity contribution is 5.22. The van der Waals surface area contributed by atoms with Crippen molar-refractivity contribution in [1.29, 1.82) is 0 Å². The van der Waals surface area contributed by atoms with E-state index >= 15 is 0 Å². The van der Waals surface area contributed by atoms with Gasteiger partial charge in [-0.15, -0.1) is 0 Å². The fourth-order valence-corrected chi connectivity index (χ4v) is 3.12. The highest BCUT2D eigenvalue weighted by atomic mass is 19.1. The van der Waals surface area contributed by atoms with Gasteiger partial charge in [0.2, 0.25) is 0 Å². The minimum Gasteiger partial charge on any atom is -0.313 e. The zero-order chi connectivity index (χ0) is 13.7. The van der Waals surface area contributed by atoms with E-state index in [1.165, 1.54) is 38.2 Å². The standard InChI is InChI=1S/C16H23F2N/c1-19-16(10-7-12-5-3-2-4-6-12)14-9-8-13(17)11-15(14)18/h8-9,11-12,16,19H,2-7,10H2,1H3. The van der Waals surface area contributed by atoms with Crippen LogP contribution >= 0.6 is 0 Å². The van der Waals surface area contributed by atoms with Crippen LogP contribution in [-0.4, -0.2) is 7.05 Å². The molecule has 106 valence electrons. The Labute approximate surface area is 114 Å².